The summed E-state index contributed by atoms with van der Waals surface area (Å²) in [6.07, 6.45) is 1.84. The highest BCUT2D eigenvalue weighted by atomic mass is 32.1. The number of ether oxygens (including phenoxy) is 1. The monoisotopic (exact) mass is 284 g/mol. The molecule has 0 spiro atoms. The molecular weight excluding hydrogens is 268 g/mol. The summed E-state index contributed by atoms with van der Waals surface area (Å²) in [5.41, 5.74) is 1.96. The summed E-state index contributed by atoms with van der Waals surface area (Å²) < 4.78 is 5.50. The highest BCUT2D eigenvalue weighted by Gasteiger charge is 2.24. The van der Waals surface area contributed by atoms with Gasteiger partial charge in [0.25, 0.3) is 5.91 Å². The minimum atomic E-state index is -0.914. The van der Waals surface area contributed by atoms with E-state index in [2.05, 4.69) is 4.98 Å². The van der Waals surface area contributed by atoms with Gasteiger partial charge in [0.15, 0.2) is 0 Å². The van der Waals surface area contributed by atoms with Crippen molar-refractivity contribution in [2.24, 2.45) is 0 Å². The maximum absolute atomic E-state index is 12.2. The third-order valence-electron chi connectivity index (χ3n) is 2.98. The zero-order valence-electron chi connectivity index (χ0n) is 10.4. The standard InChI is InChI=1S/C12H16N2O4S/c15-11(16)3-4-14(6-9-2-1-5-18-9)12(17)10-7-19-8-13-10/h7-9H,1-6H2,(H,15,16). The SMILES string of the molecule is O=C(O)CCN(CC1CCCO1)C(=O)c1cscn1. The van der Waals surface area contributed by atoms with Crippen LogP contribution in [0, 0.1) is 0 Å². The highest BCUT2D eigenvalue weighted by Crippen LogP contribution is 2.15. The lowest BCUT2D eigenvalue weighted by Crippen LogP contribution is -2.38. The van der Waals surface area contributed by atoms with Crippen molar-refractivity contribution < 1.29 is 19.4 Å². The Bertz CT molecular complexity index is 429. The van der Waals surface area contributed by atoms with Crippen LogP contribution < -0.4 is 0 Å². The van der Waals surface area contributed by atoms with Gasteiger partial charge in [-0.05, 0) is 12.8 Å². The quantitative estimate of drug-likeness (QED) is 0.850. The number of carboxylic acid groups (broad SMARTS) is 1. The van der Waals surface area contributed by atoms with Gasteiger partial charge in [-0.15, -0.1) is 11.3 Å². The Morgan fingerprint density at radius 2 is 2.42 bits per heavy atom. The number of rotatable bonds is 6. The molecule has 0 aliphatic carbocycles. The van der Waals surface area contributed by atoms with Gasteiger partial charge < -0.3 is 14.7 Å². The maximum Gasteiger partial charge on any atom is 0.305 e. The maximum atomic E-state index is 12.2. The lowest BCUT2D eigenvalue weighted by atomic mass is 10.2. The molecule has 1 aromatic rings. The van der Waals surface area contributed by atoms with E-state index in [0.717, 1.165) is 12.8 Å². The van der Waals surface area contributed by atoms with Crippen molar-refractivity contribution in [2.75, 3.05) is 19.7 Å². The zero-order valence-corrected chi connectivity index (χ0v) is 11.3. The van der Waals surface area contributed by atoms with E-state index in [-0.39, 0.29) is 25.0 Å². The van der Waals surface area contributed by atoms with E-state index in [0.29, 0.717) is 18.8 Å². The summed E-state index contributed by atoms with van der Waals surface area (Å²) in [6, 6.07) is 0. The number of nitrogens with zero attached hydrogens (tertiary/aromatic N) is 2. The van der Waals surface area contributed by atoms with Gasteiger partial charge in [-0.25, -0.2) is 4.98 Å². The number of carbonyl (C=O) groups is 2. The van der Waals surface area contributed by atoms with E-state index in [1.807, 2.05) is 0 Å². The molecule has 1 aliphatic heterocycles. The molecule has 1 fully saturated rings. The van der Waals surface area contributed by atoms with Gasteiger partial charge >= 0.3 is 5.97 Å². The molecule has 1 atom stereocenters. The average molecular weight is 284 g/mol. The molecule has 0 saturated carbocycles. The van der Waals surface area contributed by atoms with Crippen molar-refractivity contribution in [2.45, 2.75) is 25.4 Å². The number of aromatic nitrogens is 1. The highest BCUT2D eigenvalue weighted by molar-refractivity contribution is 7.07. The molecule has 1 saturated heterocycles. The molecule has 0 aromatic carbocycles. The summed E-state index contributed by atoms with van der Waals surface area (Å²) in [5.74, 6) is -1.14. The molecule has 1 aromatic heterocycles. The van der Waals surface area contributed by atoms with Crippen molar-refractivity contribution in [3.8, 4) is 0 Å². The Kier molecular flexibility index (Phi) is 4.86. The number of amides is 1. The van der Waals surface area contributed by atoms with E-state index >= 15 is 0 Å². The number of hydrogen-bond acceptors (Lipinski definition) is 5. The summed E-state index contributed by atoms with van der Waals surface area (Å²) >= 11 is 1.35. The van der Waals surface area contributed by atoms with Crippen LogP contribution in [0.25, 0.3) is 0 Å². The molecule has 0 bridgehead atoms. The third kappa shape index (κ3) is 4.00. The molecule has 7 heteroatoms. The molecule has 2 heterocycles. The molecule has 6 nitrogen and oxygen atoms in total. The predicted octanol–water partition coefficient (Wildman–Crippen LogP) is 1.24. The van der Waals surface area contributed by atoms with Crippen LogP contribution in [-0.2, 0) is 9.53 Å². The first-order valence-electron chi connectivity index (χ1n) is 6.17. The second-order valence-corrected chi connectivity index (χ2v) is 5.12. The second-order valence-electron chi connectivity index (χ2n) is 4.40. The van der Waals surface area contributed by atoms with E-state index in [1.54, 1.807) is 10.9 Å². The van der Waals surface area contributed by atoms with Crippen LogP contribution in [0.1, 0.15) is 29.8 Å². The Morgan fingerprint density at radius 3 is 3.00 bits per heavy atom. The molecule has 1 amide bonds. The fourth-order valence-corrected chi connectivity index (χ4v) is 2.55. The molecule has 1 aliphatic rings. The summed E-state index contributed by atoms with van der Waals surface area (Å²) in [6.45, 7) is 1.33. The van der Waals surface area contributed by atoms with Crippen LogP contribution in [0.3, 0.4) is 0 Å². The van der Waals surface area contributed by atoms with Crippen LogP contribution in [-0.4, -0.2) is 52.7 Å². The van der Waals surface area contributed by atoms with Gasteiger partial charge in [0, 0.05) is 25.1 Å². The minimum absolute atomic E-state index is 0.0105. The van der Waals surface area contributed by atoms with Gasteiger partial charge in [-0.1, -0.05) is 0 Å². The fraction of sp³-hybridized carbons (Fsp3) is 0.583. The number of aliphatic carboxylic acids is 1. The van der Waals surface area contributed by atoms with Gasteiger partial charge in [0.1, 0.15) is 5.69 Å². The topological polar surface area (TPSA) is 79.7 Å². The van der Waals surface area contributed by atoms with Crippen molar-refractivity contribution in [1.29, 1.82) is 0 Å². The number of hydrogen-bond donors (Lipinski definition) is 1. The van der Waals surface area contributed by atoms with E-state index < -0.39 is 5.97 Å². The molecule has 19 heavy (non-hydrogen) atoms. The van der Waals surface area contributed by atoms with Crippen LogP contribution in [0.15, 0.2) is 10.9 Å². The molecule has 1 N–H and O–H groups in total. The van der Waals surface area contributed by atoms with Gasteiger partial charge in [0.05, 0.1) is 18.0 Å². The lowest BCUT2D eigenvalue weighted by molar-refractivity contribution is -0.137. The minimum Gasteiger partial charge on any atom is -0.481 e. The average Bonchev–Trinajstić information content (AvgIpc) is 3.06. The first-order valence-corrected chi connectivity index (χ1v) is 7.12. The van der Waals surface area contributed by atoms with Crippen LogP contribution in [0.4, 0.5) is 0 Å². The Morgan fingerprint density at radius 1 is 1.58 bits per heavy atom. The Hall–Kier alpha value is -1.47. The first-order chi connectivity index (χ1) is 9.16. The normalized spacial score (nSPS) is 18.4. The number of carboxylic acids is 1. The molecule has 104 valence electrons. The molecule has 0 radical (unpaired) electrons. The van der Waals surface area contributed by atoms with E-state index in [1.165, 1.54) is 16.2 Å². The van der Waals surface area contributed by atoms with Gasteiger partial charge in [-0.2, -0.15) is 0 Å². The Labute approximate surface area is 115 Å². The number of carbonyl (C=O) groups excluding carboxylic acids is 1. The van der Waals surface area contributed by atoms with E-state index in [4.69, 9.17) is 9.84 Å². The smallest absolute Gasteiger partial charge is 0.305 e. The van der Waals surface area contributed by atoms with Crippen LogP contribution in [0.5, 0.6) is 0 Å². The number of thiazole rings is 1. The fourth-order valence-electron chi connectivity index (χ4n) is 2.02. The van der Waals surface area contributed by atoms with Gasteiger partial charge in [-0.3, -0.25) is 9.59 Å². The summed E-state index contributed by atoms with van der Waals surface area (Å²) in [7, 11) is 0. The van der Waals surface area contributed by atoms with Crippen LogP contribution in [0.2, 0.25) is 0 Å². The largest absolute Gasteiger partial charge is 0.481 e. The lowest BCUT2D eigenvalue weighted by Gasteiger charge is -2.24. The van der Waals surface area contributed by atoms with Crippen molar-refractivity contribution in [1.82, 2.24) is 9.88 Å². The third-order valence-corrected chi connectivity index (χ3v) is 3.57. The summed E-state index contributed by atoms with van der Waals surface area (Å²) in [4.78, 5) is 28.4. The molecular formula is C12H16N2O4S. The predicted molar refractivity (Wildman–Crippen MR) is 69.2 cm³/mol. The first kappa shape index (κ1) is 14.0. The van der Waals surface area contributed by atoms with Crippen molar-refractivity contribution >= 4 is 23.2 Å². The van der Waals surface area contributed by atoms with E-state index in [9.17, 15) is 9.59 Å². The molecule has 2 rings (SSSR count). The second kappa shape index (κ2) is 6.63. The van der Waals surface area contributed by atoms with Crippen LogP contribution >= 0.6 is 11.3 Å². The summed E-state index contributed by atoms with van der Waals surface area (Å²) in [5, 5.41) is 10.4. The molecule has 1 unspecified atom stereocenters. The van der Waals surface area contributed by atoms with Gasteiger partial charge in [0.2, 0.25) is 0 Å². The zero-order chi connectivity index (χ0) is 13.7. The van der Waals surface area contributed by atoms with Crippen molar-refractivity contribution in [3.05, 3.63) is 16.6 Å². The van der Waals surface area contributed by atoms with Crippen molar-refractivity contribution in [3.63, 3.8) is 0 Å². The Balaban J connectivity index is 1.99.